The first-order chi connectivity index (χ1) is 14.2. The average Bonchev–Trinajstić information content (AvgIpc) is 2.74. The number of hydrogen-bond acceptors (Lipinski definition) is 4. The maximum atomic E-state index is 12.7. The van der Waals surface area contributed by atoms with E-state index in [-0.39, 0.29) is 11.8 Å². The number of carbonyl (C=O) groups excluding carboxylic acids is 2. The molecular weight excluding hydrogens is 368 g/mol. The summed E-state index contributed by atoms with van der Waals surface area (Å²) in [5.74, 6) is 0.110. The minimum absolute atomic E-state index is 0.183. The van der Waals surface area contributed by atoms with Crippen molar-refractivity contribution in [2.75, 3.05) is 32.2 Å². The summed E-state index contributed by atoms with van der Waals surface area (Å²) in [5.41, 5.74) is 1.52. The van der Waals surface area contributed by atoms with Crippen molar-refractivity contribution in [3.05, 3.63) is 59.7 Å². The van der Waals surface area contributed by atoms with Gasteiger partial charge < -0.3 is 20.1 Å². The van der Waals surface area contributed by atoms with E-state index < -0.39 is 0 Å². The SMILES string of the molecule is CCCCCOc1ccccc1C(=O)Nc1cccc(C(=O)NCCCOC)c1. The standard InChI is InChI=1S/C23H30N2O4/c1-3-4-7-16-29-21-13-6-5-12-20(21)23(27)25-19-11-8-10-18(17-19)22(26)24-14-9-15-28-2/h5-6,8,10-13,17H,3-4,7,9,14-16H2,1-2H3,(H,24,26)(H,25,27). The lowest BCUT2D eigenvalue weighted by molar-refractivity contribution is 0.0947. The second kappa shape index (κ2) is 12.6. The first-order valence-corrected chi connectivity index (χ1v) is 10.1. The number of benzene rings is 2. The van der Waals surface area contributed by atoms with Crippen LogP contribution in [0.4, 0.5) is 5.69 Å². The maximum Gasteiger partial charge on any atom is 0.259 e. The Balaban J connectivity index is 1.99. The van der Waals surface area contributed by atoms with Crippen LogP contribution in [0, 0.1) is 0 Å². The van der Waals surface area contributed by atoms with E-state index in [0.717, 1.165) is 25.7 Å². The highest BCUT2D eigenvalue weighted by Gasteiger charge is 2.13. The van der Waals surface area contributed by atoms with Crippen LogP contribution < -0.4 is 15.4 Å². The zero-order chi connectivity index (χ0) is 20.9. The normalized spacial score (nSPS) is 10.4. The van der Waals surface area contributed by atoms with Gasteiger partial charge in [0, 0.05) is 31.5 Å². The van der Waals surface area contributed by atoms with Crippen LogP contribution in [0.2, 0.25) is 0 Å². The smallest absolute Gasteiger partial charge is 0.259 e. The molecule has 0 saturated carbocycles. The lowest BCUT2D eigenvalue weighted by Crippen LogP contribution is -2.25. The van der Waals surface area contributed by atoms with Crippen LogP contribution in [-0.2, 0) is 4.74 Å². The molecule has 2 aromatic rings. The third kappa shape index (κ3) is 7.58. The van der Waals surface area contributed by atoms with E-state index in [1.807, 2.05) is 6.07 Å². The fourth-order valence-electron chi connectivity index (χ4n) is 2.77. The number of ether oxygens (including phenoxy) is 2. The number of nitrogens with one attached hydrogen (secondary N) is 2. The molecule has 0 fully saturated rings. The number of unbranched alkanes of at least 4 members (excludes halogenated alkanes) is 2. The first-order valence-electron chi connectivity index (χ1n) is 10.1. The summed E-state index contributed by atoms with van der Waals surface area (Å²) in [6.45, 7) is 3.84. The van der Waals surface area contributed by atoms with Gasteiger partial charge in [0.25, 0.3) is 11.8 Å². The Bertz CT molecular complexity index is 792. The predicted octanol–water partition coefficient (Wildman–Crippen LogP) is 4.27. The number of carbonyl (C=O) groups is 2. The van der Waals surface area contributed by atoms with E-state index in [2.05, 4.69) is 17.6 Å². The molecule has 0 heterocycles. The summed E-state index contributed by atoms with van der Waals surface area (Å²) in [4.78, 5) is 25.0. The zero-order valence-electron chi connectivity index (χ0n) is 17.2. The highest BCUT2D eigenvalue weighted by Crippen LogP contribution is 2.20. The summed E-state index contributed by atoms with van der Waals surface area (Å²) in [5, 5.41) is 5.69. The highest BCUT2D eigenvalue weighted by molar-refractivity contribution is 6.06. The molecule has 156 valence electrons. The van der Waals surface area contributed by atoms with Gasteiger partial charge in [-0.2, -0.15) is 0 Å². The average molecular weight is 399 g/mol. The quantitative estimate of drug-likeness (QED) is 0.524. The minimum atomic E-state index is -0.270. The van der Waals surface area contributed by atoms with Gasteiger partial charge in [0.2, 0.25) is 0 Å². The summed E-state index contributed by atoms with van der Waals surface area (Å²) in [7, 11) is 1.63. The lowest BCUT2D eigenvalue weighted by Gasteiger charge is -2.12. The topological polar surface area (TPSA) is 76.7 Å². The van der Waals surface area contributed by atoms with E-state index >= 15 is 0 Å². The molecule has 0 radical (unpaired) electrons. The van der Waals surface area contributed by atoms with E-state index in [0.29, 0.717) is 42.3 Å². The van der Waals surface area contributed by atoms with E-state index in [4.69, 9.17) is 9.47 Å². The fraction of sp³-hybridized carbons (Fsp3) is 0.391. The summed E-state index contributed by atoms with van der Waals surface area (Å²) >= 11 is 0. The van der Waals surface area contributed by atoms with Gasteiger partial charge in [0.1, 0.15) is 5.75 Å². The third-order valence-electron chi connectivity index (χ3n) is 4.33. The van der Waals surface area contributed by atoms with Gasteiger partial charge in [-0.05, 0) is 43.2 Å². The molecule has 0 aliphatic heterocycles. The van der Waals surface area contributed by atoms with Gasteiger partial charge in [-0.15, -0.1) is 0 Å². The molecule has 0 unspecified atom stereocenters. The van der Waals surface area contributed by atoms with Gasteiger partial charge in [-0.1, -0.05) is 38.0 Å². The van der Waals surface area contributed by atoms with Crippen molar-refractivity contribution in [2.24, 2.45) is 0 Å². The Morgan fingerprint density at radius 1 is 0.931 bits per heavy atom. The molecule has 0 atom stereocenters. The molecule has 6 heteroatoms. The van der Waals surface area contributed by atoms with Gasteiger partial charge in [0.05, 0.1) is 12.2 Å². The van der Waals surface area contributed by atoms with E-state index in [1.165, 1.54) is 0 Å². The van der Waals surface area contributed by atoms with Crippen molar-refractivity contribution in [1.82, 2.24) is 5.32 Å². The minimum Gasteiger partial charge on any atom is -0.493 e. The number of rotatable bonds is 12. The van der Waals surface area contributed by atoms with Crippen LogP contribution in [-0.4, -0.2) is 38.7 Å². The molecular formula is C23H30N2O4. The summed E-state index contributed by atoms with van der Waals surface area (Å²) in [6, 6.07) is 14.1. The number of hydrogen-bond donors (Lipinski definition) is 2. The number of anilines is 1. The summed E-state index contributed by atoms with van der Waals surface area (Å²) in [6.07, 6.45) is 3.90. The van der Waals surface area contributed by atoms with Crippen LogP contribution in [0.1, 0.15) is 53.3 Å². The fourth-order valence-corrected chi connectivity index (χ4v) is 2.77. The largest absolute Gasteiger partial charge is 0.493 e. The van der Waals surface area contributed by atoms with Crippen molar-refractivity contribution in [2.45, 2.75) is 32.6 Å². The highest BCUT2D eigenvalue weighted by atomic mass is 16.5. The van der Waals surface area contributed by atoms with Crippen LogP contribution >= 0.6 is 0 Å². The molecule has 29 heavy (non-hydrogen) atoms. The molecule has 2 N–H and O–H groups in total. The second-order valence-electron chi connectivity index (χ2n) is 6.69. The van der Waals surface area contributed by atoms with Gasteiger partial charge >= 0.3 is 0 Å². The van der Waals surface area contributed by atoms with Gasteiger partial charge in [0.15, 0.2) is 0 Å². The zero-order valence-corrected chi connectivity index (χ0v) is 17.2. The van der Waals surface area contributed by atoms with Gasteiger partial charge in [-0.3, -0.25) is 9.59 Å². The Hall–Kier alpha value is -2.86. The van der Waals surface area contributed by atoms with Crippen LogP contribution in [0.25, 0.3) is 0 Å². The molecule has 0 aliphatic rings. The van der Waals surface area contributed by atoms with Crippen molar-refractivity contribution >= 4 is 17.5 Å². The monoisotopic (exact) mass is 398 g/mol. The molecule has 0 aliphatic carbocycles. The number of para-hydroxylation sites is 1. The van der Waals surface area contributed by atoms with Crippen LogP contribution in [0.5, 0.6) is 5.75 Å². The number of amides is 2. The van der Waals surface area contributed by atoms with Crippen molar-refractivity contribution in [1.29, 1.82) is 0 Å². The maximum absolute atomic E-state index is 12.7. The Morgan fingerprint density at radius 3 is 2.55 bits per heavy atom. The molecule has 0 spiro atoms. The predicted molar refractivity (Wildman–Crippen MR) is 115 cm³/mol. The molecule has 0 saturated heterocycles. The third-order valence-corrected chi connectivity index (χ3v) is 4.33. The van der Waals surface area contributed by atoms with Crippen molar-refractivity contribution in [3.8, 4) is 5.75 Å². The van der Waals surface area contributed by atoms with E-state index in [1.54, 1.807) is 49.6 Å². The molecule has 0 bridgehead atoms. The molecule has 0 aromatic heterocycles. The van der Waals surface area contributed by atoms with Crippen molar-refractivity contribution < 1.29 is 19.1 Å². The Morgan fingerprint density at radius 2 is 1.76 bits per heavy atom. The van der Waals surface area contributed by atoms with Crippen LogP contribution in [0.15, 0.2) is 48.5 Å². The van der Waals surface area contributed by atoms with Crippen LogP contribution in [0.3, 0.4) is 0 Å². The van der Waals surface area contributed by atoms with Gasteiger partial charge in [-0.25, -0.2) is 0 Å². The molecule has 2 amide bonds. The first kappa shape index (κ1) is 22.4. The Labute approximate surface area is 172 Å². The number of methoxy groups -OCH3 is 1. The molecule has 2 rings (SSSR count). The molecule has 6 nitrogen and oxygen atoms in total. The molecule has 2 aromatic carbocycles. The Kier molecular flexibility index (Phi) is 9.72. The van der Waals surface area contributed by atoms with Crippen molar-refractivity contribution in [3.63, 3.8) is 0 Å². The second-order valence-corrected chi connectivity index (χ2v) is 6.69. The lowest BCUT2D eigenvalue weighted by atomic mass is 10.1. The summed E-state index contributed by atoms with van der Waals surface area (Å²) < 4.78 is 10.8. The van der Waals surface area contributed by atoms with E-state index in [9.17, 15) is 9.59 Å².